The Balaban J connectivity index is 1.61. The first kappa shape index (κ1) is 17.6. The third-order valence-corrected chi connectivity index (χ3v) is 3.57. The molecule has 3 rings (SSSR count). The van der Waals surface area contributed by atoms with Gasteiger partial charge in [-0.1, -0.05) is 24.3 Å². The number of carbonyl (C=O) groups is 1. The van der Waals surface area contributed by atoms with Crippen molar-refractivity contribution in [3.8, 4) is 17.1 Å². The number of ether oxygens (including phenoxy) is 1. The van der Waals surface area contributed by atoms with Gasteiger partial charge in [0.2, 0.25) is 0 Å². The highest BCUT2D eigenvalue weighted by Gasteiger charge is 2.14. The molecule has 2 aromatic carbocycles. The van der Waals surface area contributed by atoms with Crippen LogP contribution in [0.15, 0.2) is 65.1 Å². The number of amides is 1. The Hall–Kier alpha value is -3.22. The van der Waals surface area contributed by atoms with Crippen molar-refractivity contribution < 1.29 is 27.1 Å². The van der Waals surface area contributed by atoms with Crippen molar-refractivity contribution in [3.05, 3.63) is 77.8 Å². The van der Waals surface area contributed by atoms with Gasteiger partial charge in [-0.3, -0.25) is 4.79 Å². The van der Waals surface area contributed by atoms with Crippen molar-refractivity contribution >= 4 is 5.91 Å². The van der Waals surface area contributed by atoms with Crippen molar-refractivity contribution in [2.45, 2.75) is 13.2 Å². The van der Waals surface area contributed by atoms with Gasteiger partial charge < -0.3 is 14.5 Å². The molecule has 0 radical (unpaired) electrons. The maximum Gasteiger partial charge on any atom is 0.387 e. The molecule has 26 heavy (non-hydrogen) atoms. The summed E-state index contributed by atoms with van der Waals surface area (Å²) < 4.78 is 47.6. The zero-order chi connectivity index (χ0) is 18.5. The molecule has 1 N–H and O–H groups in total. The lowest BCUT2D eigenvalue weighted by molar-refractivity contribution is -0.0498. The molecule has 0 aliphatic carbocycles. The van der Waals surface area contributed by atoms with Crippen LogP contribution in [-0.2, 0) is 6.54 Å². The van der Waals surface area contributed by atoms with Crippen LogP contribution >= 0.6 is 0 Å². The van der Waals surface area contributed by atoms with Crippen molar-refractivity contribution in [2.24, 2.45) is 0 Å². The minimum atomic E-state index is -2.89. The lowest BCUT2D eigenvalue weighted by Crippen LogP contribution is -2.22. The van der Waals surface area contributed by atoms with E-state index in [-0.39, 0.29) is 29.4 Å². The van der Waals surface area contributed by atoms with E-state index in [2.05, 4.69) is 10.1 Å². The van der Waals surface area contributed by atoms with Crippen LogP contribution in [-0.4, -0.2) is 12.5 Å². The molecule has 7 heteroatoms. The first-order chi connectivity index (χ1) is 12.5. The molecule has 0 saturated carbocycles. The van der Waals surface area contributed by atoms with Gasteiger partial charge in [0.15, 0.2) is 5.76 Å². The Morgan fingerprint density at radius 1 is 1.04 bits per heavy atom. The predicted molar refractivity (Wildman–Crippen MR) is 88.3 cm³/mol. The van der Waals surface area contributed by atoms with Crippen molar-refractivity contribution in [1.29, 1.82) is 0 Å². The minimum absolute atomic E-state index is 0.0376. The van der Waals surface area contributed by atoms with E-state index in [9.17, 15) is 18.0 Å². The molecule has 1 aromatic heterocycles. The first-order valence-electron chi connectivity index (χ1n) is 7.69. The second-order valence-corrected chi connectivity index (χ2v) is 5.35. The van der Waals surface area contributed by atoms with E-state index in [0.717, 1.165) is 0 Å². The standard InChI is InChI=1S/C19H14F3NO3/c20-15-4-2-1-3-14(15)16-9-10-17(26-16)18(24)23-11-12-5-7-13(8-6-12)25-19(21)22/h1-10,19H,11H2,(H,23,24). The summed E-state index contributed by atoms with van der Waals surface area (Å²) in [7, 11) is 0. The molecule has 0 bridgehead atoms. The van der Waals surface area contributed by atoms with Gasteiger partial charge in [-0.15, -0.1) is 0 Å². The van der Waals surface area contributed by atoms with E-state index in [1.807, 2.05) is 0 Å². The minimum Gasteiger partial charge on any atom is -0.451 e. The summed E-state index contributed by atoms with van der Waals surface area (Å²) in [6.07, 6.45) is 0. The number of halogens is 3. The fourth-order valence-electron chi connectivity index (χ4n) is 2.32. The van der Waals surface area contributed by atoms with E-state index in [0.29, 0.717) is 5.56 Å². The predicted octanol–water partition coefficient (Wildman–Crippen LogP) is 4.62. The molecule has 0 aliphatic heterocycles. The topological polar surface area (TPSA) is 51.5 Å². The fraction of sp³-hybridized carbons (Fsp3) is 0.105. The number of carbonyl (C=O) groups excluding carboxylic acids is 1. The fourth-order valence-corrected chi connectivity index (χ4v) is 2.32. The lowest BCUT2D eigenvalue weighted by atomic mass is 10.1. The average molecular weight is 361 g/mol. The second-order valence-electron chi connectivity index (χ2n) is 5.35. The van der Waals surface area contributed by atoms with Crippen LogP contribution < -0.4 is 10.1 Å². The van der Waals surface area contributed by atoms with Gasteiger partial charge in [0.1, 0.15) is 17.3 Å². The molecule has 0 unspecified atom stereocenters. The molecule has 3 aromatic rings. The molecule has 4 nitrogen and oxygen atoms in total. The first-order valence-corrected chi connectivity index (χ1v) is 7.69. The summed E-state index contributed by atoms with van der Waals surface area (Å²) in [5.41, 5.74) is 0.960. The Labute approximate surface area is 147 Å². The van der Waals surface area contributed by atoms with Crippen LogP contribution in [0.3, 0.4) is 0 Å². The van der Waals surface area contributed by atoms with E-state index < -0.39 is 18.3 Å². The molecule has 0 spiro atoms. The molecule has 0 atom stereocenters. The zero-order valence-electron chi connectivity index (χ0n) is 13.4. The van der Waals surface area contributed by atoms with Gasteiger partial charge >= 0.3 is 6.61 Å². The quantitative estimate of drug-likeness (QED) is 0.697. The third kappa shape index (κ3) is 4.24. The molecular weight excluding hydrogens is 347 g/mol. The maximum atomic E-state index is 13.7. The highest BCUT2D eigenvalue weighted by Crippen LogP contribution is 2.24. The van der Waals surface area contributed by atoms with Crippen LogP contribution in [0.4, 0.5) is 13.2 Å². The van der Waals surface area contributed by atoms with Gasteiger partial charge in [0, 0.05) is 6.54 Å². The molecule has 134 valence electrons. The number of alkyl halides is 2. The van der Waals surface area contributed by atoms with E-state index in [1.54, 1.807) is 30.3 Å². The van der Waals surface area contributed by atoms with E-state index in [1.165, 1.54) is 30.3 Å². The highest BCUT2D eigenvalue weighted by atomic mass is 19.3. The third-order valence-electron chi connectivity index (χ3n) is 3.57. The Morgan fingerprint density at radius 2 is 1.77 bits per heavy atom. The molecule has 1 heterocycles. The van der Waals surface area contributed by atoms with Gasteiger partial charge in [-0.2, -0.15) is 8.78 Å². The summed E-state index contributed by atoms with van der Waals surface area (Å²) in [6, 6.07) is 15.0. The Bertz CT molecular complexity index is 891. The number of hydrogen-bond acceptors (Lipinski definition) is 3. The number of nitrogens with one attached hydrogen (secondary N) is 1. The van der Waals surface area contributed by atoms with Crippen LogP contribution in [0, 0.1) is 5.82 Å². The smallest absolute Gasteiger partial charge is 0.387 e. The number of rotatable bonds is 6. The summed E-state index contributed by atoms with van der Waals surface area (Å²) in [5.74, 6) is -0.585. The van der Waals surface area contributed by atoms with E-state index >= 15 is 0 Å². The van der Waals surface area contributed by atoms with Crippen LogP contribution in [0.5, 0.6) is 5.75 Å². The number of hydrogen-bond donors (Lipinski definition) is 1. The van der Waals surface area contributed by atoms with Gasteiger partial charge in [-0.05, 0) is 42.0 Å². The highest BCUT2D eigenvalue weighted by molar-refractivity contribution is 5.92. The summed E-state index contributed by atoms with van der Waals surface area (Å²) >= 11 is 0. The Morgan fingerprint density at radius 3 is 2.46 bits per heavy atom. The van der Waals surface area contributed by atoms with Crippen molar-refractivity contribution in [1.82, 2.24) is 5.32 Å². The zero-order valence-corrected chi connectivity index (χ0v) is 13.4. The Kier molecular flexibility index (Phi) is 5.26. The monoisotopic (exact) mass is 361 g/mol. The van der Waals surface area contributed by atoms with Crippen LogP contribution in [0.2, 0.25) is 0 Å². The summed E-state index contributed by atoms with van der Waals surface area (Å²) in [6.45, 7) is -2.72. The SMILES string of the molecule is O=C(NCc1ccc(OC(F)F)cc1)c1ccc(-c2ccccc2F)o1. The molecule has 1 amide bonds. The second kappa shape index (κ2) is 7.77. The lowest BCUT2D eigenvalue weighted by Gasteiger charge is -2.06. The maximum absolute atomic E-state index is 13.7. The van der Waals surface area contributed by atoms with Crippen LogP contribution in [0.1, 0.15) is 16.1 Å². The van der Waals surface area contributed by atoms with Crippen molar-refractivity contribution in [3.63, 3.8) is 0 Å². The van der Waals surface area contributed by atoms with Crippen LogP contribution in [0.25, 0.3) is 11.3 Å². The van der Waals surface area contributed by atoms with Gasteiger partial charge in [0.25, 0.3) is 5.91 Å². The normalized spacial score (nSPS) is 10.8. The molecule has 0 saturated heterocycles. The average Bonchev–Trinajstić information content (AvgIpc) is 3.11. The van der Waals surface area contributed by atoms with Gasteiger partial charge in [0.05, 0.1) is 5.56 Å². The molecule has 0 aliphatic rings. The number of furan rings is 1. The largest absolute Gasteiger partial charge is 0.451 e. The number of benzene rings is 2. The molecular formula is C19H14F3NO3. The van der Waals surface area contributed by atoms with Crippen molar-refractivity contribution in [2.75, 3.05) is 0 Å². The molecule has 0 fully saturated rings. The summed E-state index contributed by atoms with van der Waals surface area (Å²) in [4.78, 5) is 12.1. The van der Waals surface area contributed by atoms with Gasteiger partial charge in [-0.25, -0.2) is 4.39 Å². The summed E-state index contributed by atoms with van der Waals surface area (Å²) in [5, 5.41) is 2.64. The van der Waals surface area contributed by atoms with E-state index in [4.69, 9.17) is 4.42 Å².